The molecule has 0 saturated carbocycles. The topological polar surface area (TPSA) is 69.6 Å². The Labute approximate surface area is 116 Å². The molecule has 1 aliphatic heterocycles. The highest BCUT2D eigenvalue weighted by atomic mass is 19.1. The maximum Gasteiger partial charge on any atom is 0.307 e. The number of nitrogens with zero attached hydrogens (tertiary/aromatic N) is 1. The first-order valence-corrected chi connectivity index (χ1v) is 6.55. The second-order valence-electron chi connectivity index (χ2n) is 4.93. The normalized spacial score (nSPS) is 18.9. The van der Waals surface area contributed by atoms with E-state index in [0.29, 0.717) is 31.7 Å². The van der Waals surface area contributed by atoms with Crippen molar-refractivity contribution in [3.05, 3.63) is 30.1 Å². The van der Waals surface area contributed by atoms with E-state index in [4.69, 9.17) is 5.11 Å². The van der Waals surface area contributed by atoms with Crippen LogP contribution in [0.5, 0.6) is 0 Å². The number of carboxylic acid groups (broad SMARTS) is 1. The van der Waals surface area contributed by atoms with Crippen molar-refractivity contribution < 1.29 is 19.1 Å². The van der Waals surface area contributed by atoms with Crippen molar-refractivity contribution in [2.75, 3.05) is 25.0 Å². The number of carbonyl (C=O) groups is 2. The first kappa shape index (κ1) is 14.5. The molecule has 1 saturated heterocycles. The predicted octanol–water partition coefficient (Wildman–Crippen LogP) is 1.56. The smallest absolute Gasteiger partial charge is 0.307 e. The van der Waals surface area contributed by atoms with E-state index in [-0.39, 0.29) is 18.2 Å². The molecular formula is C14H17FN2O3. The molecule has 1 aliphatic rings. The van der Waals surface area contributed by atoms with E-state index in [9.17, 15) is 14.0 Å². The number of hydrogen-bond donors (Lipinski definition) is 2. The van der Waals surface area contributed by atoms with Gasteiger partial charge in [0.1, 0.15) is 5.82 Å². The Kier molecular flexibility index (Phi) is 4.68. The summed E-state index contributed by atoms with van der Waals surface area (Å²) in [6, 6.07) is 5.72. The zero-order valence-electron chi connectivity index (χ0n) is 11.0. The summed E-state index contributed by atoms with van der Waals surface area (Å²) < 4.78 is 13.0. The number of benzene rings is 1. The molecule has 0 aliphatic carbocycles. The molecule has 1 unspecified atom stereocenters. The lowest BCUT2D eigenvalue weighted by Gasteiger charge is -2.14. The van der Waals surface area contributed by atoms with Gasteiger partial charge in [0.15, 0.2) is 0 Å². The van der Waals surface area contributed by atoms with Gasteiger partial charge < -0.3 is 15.3 Å². The molecule has 1 atom stereocenters. The van der Waals surface area contributed by atoms with Gasteiger partial charge >= 0.3 is 5.97 Å². The summed E-state index contributed by atoms with van der Waals surface area (Å²) in [5.74, 6) is -1.71. The average Bonchev–Trinajstić information content (AvgIpc) is 2.85. The zero-order valence-corrected chi connectivity index (χ0v) is 11.0. The third kappa shape index (κ3) is 4.03. The van der Waals surface area contributed by atoms with E-state index in [1.54, 1.807) is 6.07 Å². The SMILES string of the molecule is O=C(CCN1CCC(C(=O)O)C1)Nc1cccc(F)c1. The summed E-state index contributed by atoms with van der Waals surface area (Å²) >= 11 is 0. The fourth-order valence-electron chi connectivity index (χ4n) is 2.29. The molecule has 1 fully saturated rings. The summed E-state index contributed by atoms with van der Waals surface area (Å²) in [6.45, 7) is 1.71. The molecule has 0 radical (unpaired) electrons. The molecule has 0 aromatic heterocycles. The van der Waals surface area contributed by atoms with E-state index < -0.39 is 11.8 Å². The summed E-state index contributed by atoms with van der Waals surface area (Å²) in [4.78, 5) is 24.5. The zero-order chi connectivity index (χ0) is 14.5. The third-order valence-corrected chi connectivity index (χ3v) is 3.39. The van der Waals surface area contributed by atoms with Crippen LogP contribution in [0.25, 0.3) is 0 Å². The third-order valence-electron chi connectivity index (χ3n) is 3.39. The van der Waals surface area contributed by atoms with Crippen LogP contribution in [0.2, 0.25) is 0 Å². The number of anilines is 1. The Morgan fingerprint density at radius 2 is 2.25 bits per heavy atom. The van der Waals surface area contributed by atoms with Crippen molar-refractivity contribution in [3.63, 3.8) is 0 Å². The maximum absolute atomic E-state index is 13.0. The van der Waals surface area contributed by atoms with Gasteiger partial charge in [-0.15, -0.1) is 0 Å². The van der Waals surface area contributed by atoms with Crippen molar-refractivity contribution >= 4 is 17.6 Å². The molecule has 5 nitrogen and oxygen atoms in total. The van der Waals surface area contributed by atoms with Crippen LogP contribution in [0.4, 0.5) is 10.1 Å². The summed E-state index contributed by atoms with van der Waals surface area (Å²) in [7, 11) is 0. The average molecular weight is 280 g/mol. The number of aliphatic carboxylic acids is 1. The number of amides is 1. The van der Waals surface area contributed by atoms with E-state index in [1.807, 2.05) is 4.90 Å². The number of halogens is 1. The van der Waals surface area contributed by atoms with Gasteiger partial charge in [-0.25, -0.2) is 4.39 Å². The highest BCUT2D eigenvalue weighted by Crippen LogP contribution is 2.16. The highest BCUT2D eigenvalue weighted by molar-refractivity contribution is 5.90. The lowest BCUT2D eigenvalue weighted by atomic mass is 10.1. The first-order valence-electron chi connectivity index (χ1n) is 6.55. The van der Waals surface area contributed by atoms with Crippen molar-refractivity contribution in [2.24, 2.45) is 5.92 Å². The minimum atomic E-state index is -0.781. The van der Waals surface area contributed by atoms with Crippen LogP contribution in [0.15, 0.2) is 24.3 Å². The molecule has 2 N–H and O–H groups in total. The molecule has 0 spiro atoms. The molecule has 6 heteroatoms. The Bertz CT molecular complexity index is 507. The Morgan fingerprint density at radius 1 is 1.45 bits per heavy atom. The Morgan fingerprint density at radius 3 is 2.90 bits per heavy atom. The van der Waals surface area contributed by atoms with Gasteiger partial charge in [0.2, 0.25) is 5.91 Å². The molecule has 20 heavy (non-hydrogen) atoms. The lowest BCUT2D eigenvalue weighted by Crippen LogP contribution is -2.27. The quantitative estimate of drug-likeness (QED) is 0.858. The molecule has 108 valence electrons. The van der Waals surface area contributed by atoms with Crippen LogP contribution in [0, 0.1) is 11.7 Å². The summed E-state index contributed by atoms with van der Waals surface area (Å²) in [5.41, 5.74) is 0.430. The number of carbonyl (C=O) groups excluding carboxylic acids is 1. The van der Waals surface area contributed by atoms with E-state index in [1.165, 1.54) is 18.2 Å². The molecule has 1 amide bonds. The van der Waals surface area contributed by atoms with Gasteiger partial charge in [0.05, 0.1) is 5.92 Å². The van der Waals surface area contributed by atoms with Crippen molar-refractivity contribution in [1.82, 2.24) is 4.90 Å². The second-order valence-corrected chi connectivity index (χ2v) is 4.93. The fraction of sp³-hybridized carbons (Fsp3) is 0.429. The number of rotatable bonds is 5. The van der Waals surface area contributed by atoms with Crippen molar-refractivity contribution in [2.45, 2.75) is 12.8 Å². The lowest BCUT2D eigenvalue weighted by molar-refractivity contribution is -0.141. The summed E-state index contributed by atoms with van der Waals surface area (Å²) in [5, 5.41) is 11.5. The van der Waals surface area contributed by atoms with Crippen LogP contribution in [0.3, 0.4) is 0 Å². The van der Waals surface area contributed by atoms with E-state index in [2.05, 4.69) is 5.32 Å². The minimum absolute atomic E-state index is 0.200. The van der Waals surface area contributed by atoms with E-state index in [0.717, 1.165) is 0 Å². The standard InChI is InChI=1S/C14H17FN2O3/c15-11-2-1-3-12(8-11)16-13(18)5-7-17-6-4-10(9-17)14(19)20/h1-3,8,10H,4-7,9H2,(H,16,18)(H,19,20). The largest absolute Gasteiger partial charge is 0.481 e. The number of hydrogen-bond acceptors (Lipinski definition) is 3. The fourth-order valence-corrected chi connectivity index (χ4v) is 2.29. The summed E-state index contributed by atoms with van der Waals surface area (Å²) in [6.07, 6.45) is 0.893. The number of carboxylic acids is 1. The molecule has 2 rings (SSSR count). The first-order chi connectivity index (χ1) is 9.54. The van der Waals surface area contributed by atoms with Crippen molar-refractivity contribution in [1.29, 1.82) is 0 Å². The van der Waals surface area contributed by atoms with Crippen LogP contribution < -0.4 is 5.32 Å². The van der Waals surface area contributed by atoms with Crippen LogP contribution in [0.1, 0.15) is 12.8 Å². The van der Waals surface area contributed by atoms with E-state index >= 15 is 0 Å². The van der Waals surface area contributed by atoms with Gasteiger partial charge in [-0.2, -0.15) is 0 Å². The monoisotopic (exact) mass is 280 g/mol. The van der Waals surface area contributed by atoms with Crippen molar-refractivity contribution in [3.8, 4) is 0 Å². The Balaban J connectivity index is 1.75. The minimum Gasteiger partial charge on any atom is -0.481 e. The van der Waals surface area contributed by atoms with Gasteiger partial charge in [0.25, 0.3) is 0 Å². The molecule has 1 aromatic rings. The van der Waals surface area contributed by atoms with Crippen LogP contribution in [-0.4, -0.2) is 41.5 Å². The van der Waals surface area contributed by atoms with Gasteiger partial charge in [-0.1, -0.05) is 6.07 Å². The second kappa shape index (κ2) is 6.47. The predicted molar refractivity (Wildman–Crippen MR) is 71.8 cm³/mol. The maximum atomic E-state index is 13.0. The van der Waals surface area contributed by atoms with Crippen LogP contribution in [-0.2, 0) is 9.59 Å². The Hall–Kier alpha value is -1.95. The molecule has 0 bridgehead atoms. The number of nitrogens with one attached hydrogen (secondary N) is 1. The van der Waals surface area contributed by atoms with Gasteiger partial charge in [0, 0.05) is 25.2 Å². The van der Waals surface area contributed by atoms with Gasteiger partial charge in [-0.3, -0.25) is 9.59 Å². The molecular weight excluding hydrogens is 263 g/mol. The van der Waals surface area contributed by atoms with Gasteiger partial charge in [-0.05, 0) is 31.2 Å². The molecule has 1 aromatic carbocycles. The van der Waals surface area contributed by atoms with Crippen LogP contribution >= 0.6 is 0 Å². The highest BCUT2D eigenvalue weighted by Gasteiger charge is 2.27. The molecule has 1 heterocycles. The number of likely N-dealkylation sites (tertiary alicyclic amines) is 1.